The van der Waals surface area contributed by atoms with Crippen molar-refractivity contribution in [1.29, 1.82) is 0 Å². The molecule has 1 radical (unpaired) electrons. The molecule has 1 aromatic rings. The SMILES string of the molecule is CC(C)CN1CCN(c2ccc(N[CH]S(=O)(=O)O)cc2)CC1. The standard InChI is InChI=1S/C15H24N3O3S/c1-13(2)11-17-7-9-18(10-8-17)15-5-3-14(4-6-15)16-12-22(19,20)21/h3-6,12-13,16H,7-11H2,1-2H3,(H,19,20,21). The van der Waals surface area contributed by atoms with Crippen LogP contribution in [0.25, 0.3) is 0 Å². The summed E-state index contributed by atoms with van der Waals surface area (Å²) in [5.74, 6) is 1.36. The van der Waals surface area contributed by atoms with E-state index < -0.39 is 10.1 Å². The van der Waals surface area contributed by atoms with E-state index >= 15 is 0 Å². The molecule has 22 heavy (non-hydrogen) atoms. The molecule has 0 spiro atoms. The summed E-state index contributed by atoms with van der Waals surface area (Å²) in [4.78, 5) is 4.81. The van der Waals surface area contributed by atoms with Crippen LogP contribution in [0, 0.1) is 11.8 Å². The molecule has 0 aliphatic carbocycles. The van der Waals surface area contributed by atoms with Crippen LogP contribution in [0.3, 0.4) is 0 Å². The third kappa shape index (κ3) is 5.47. The van der Waals surface area contributed by atoms with E-state index in [1.54, 1.807) is 12.1 Å². The predicted molar refractivity (Wildman–Crippen MR) is 89.4 cm³/mol. The Morgan fingerprint density at radius 3 is 2.27 bits per heavy atom. The smallest absolute Gasteiger partial charge is 0.289 e. The number of hydrogen-bond acceptors (Lipinski definition) is 5. The number of piperazine rings is 1. The zero-order valence-electron chi connectivity index (χ0n) is 13.1. The third-order valence-electron chi connectivity index (χ3n) is 3.60. The lowest BCUT2D eigenvalue weighted by atomic mass is 10.2. The van der Waals surface area contributed by atoms with Gasteiger partial charge in [0.1, 0.15) is 0 Å². The fourth-order valence-corrected chi connectivity index (χ4v) is 2.90. The van der Waals surface area contributed by atoms with Crippen LogP contribution in [0.4, 0.5) is 11.4 Å². The second-order valence-electron chi connectivity index (χ2n) is 6.01. The minimum Gasteiger partial charge on any atom is -0.369 e. The second kappa shape index (κ2) is 7.30. The Hall–Kier alpha value is -1.31. The molecule has 1 aliphatic rings. The van der Waals surface area contributed by atoms with E-state index in [0.29, 0.717) is 17.5 Å². The Kier molecular flexibility index (Phi) is 5.66. The van der Waals surface area contributed by atoms with Crippen LogP contribution in [0.2, 0.25) is 0 Å². The molecule has 0 aromatic heterocycles. The van der Waals surface area contributed by atoms with Crippen LogP contribution < -0.4 is 10.2 Å². The average molecular weight is 326 g/mol. The molecular weight excluding hydrogens is 302 g/mol. The zero-order chi connectivity index (χ0) is 16.2. The molecule has 1 aromatic carbocycles. The molecule has 1 fully saturated rings. The molecule has 1 saturated heterocycles. The van der Waals surface area contributed by atoms with Gasteiger partial charge in [-0.2, -0.15) is 8.42 Å². The predicted octanol–water partition coefficient (Wildman–Crippen LogP) is 1.88. The highest BCUT2D eigenvalue weighted by Gasteiger charge is 2.17. The van der Waals surface area contributed by atoms with Crippen molar-refractivity contribution in [2.24, 2.45) is 5.92 Å². The summed E-state index contributed by atoms with van der Waals surface area (Å²) in [7, 11) is -4.12. The van der Waals surface area contributed by atoms with Gasteiger partial charge in [0.15, 0.2) is 5.88 Å². The summed E-state index contributed by atoms with van der Waals surface area (Å²) in [6.45, 7) is 9.74. The third-order valence-corrected chi connectivity index (χ3v) is 4.02. The molecule has 1 aliphatic heterocycles. The molecule has 2 N–H and O–H groups in total. The quantitative estimate of drug-likeness (QED) is 0.778. The van der Waals surface area contributed by atoms with E-state index in [0.717, 1.165) is 38.4 Å². The molecule has 0 bridgehead atoms. The van der Waals surface area contributed by atoms with E-state index in [-0.39, 0.29) is 0 Å². The molecule has 0 saturated carbocycles. The molecule has 2 rings (SSSR count). The van der Waals surface area contributed by atoms with Gasteiger partial charge >= 0.3 is 0 Å². The van der Waals surface area contributed by atoms with Crippen molar-refractivity contribution in [3.8, 4) is 0 Å². The maximum Gasteiger partial charge on any atom is 0.289 e. The Balaban J connectivity index is 1.86. The van der Waals surface area contributed by atoms with E-state index in [2.05, 4.69) is 29.0 Å². The molecule has 0 atom stereocenters. The number of hydrogen-bond donors (Lipinski definition) is 2. The van der Waals surface area contributed by atoms with Crippen LogP contribution in [0.5, 0.6) is 0 Å². The molecular formula is C15H24N3O3S. The topological polar surface area (TPSA) is 72.9 Å². The van der Waals surface area contributed by atoms with Gasteiger partial charge in [0, 0.05) is 44.1 Å². The molecule has 0 amide bonds. The summed E-state index contributed by atoms with van der Waals surface area (Å²) >= 11 is 0. The van der Waals surface area contributed by atoms with Crippen molar-refractivity contribution >= 4 is 21.5 Å². The van der Waals surface area contributed by atoms with Gasteiger partial charge in [0.2, 0.25) is 0 Å². The van der Waals surface area contributed by atoms with Gasteiger partial charge in [-0.15, -0.1) is 0 Å². The van der Waals surface area contributed by atoms with Gasteiger partial charge in [-0.25, -0.2) is 0 Å². The molecule has 0 unspecified atom stereocenters. The first kappa shape index (κ1) is 17.1. The fourth-order valence-electron chi connectivity index (χ4n) is 2.62. The van der Waals surface area contributed by atoms with Crippen LogP contribution in [-0.2, 0) is 10.1 Å². The number of rotatable bonds is 6. The van der Waals surface area contributed by atoms with Crippen LogP contribution in [-0.4, -0.2) is 50.6 Å². The van der Waals surface area contributed by atoms with Gasteiger partial charge in [-0.1, -0.05) is 13.8 Å². The summed E-state index contributed by atoms with van der Waals surface area (Å²) < 4.78 is 30.0. The normalized spacial score (nSPS) is 17.0. The summed E-state index contributed by atoms with van der Waals surface area (Å²) in [5.41, 5.74) is 1.75. The monoisotopic (exact) mass is 326 g/mol. The Labute approximate surface area is 132 Å². The van der Waals surface area contributed by atoms with Crippen LogP contribution in [0.1, 0.15) is 13.8 Å². The zero-order valence-corrected chi connectivity index (χ0v) is 13.9. The van der Waals surface area contributed by atoms with Crippen molar-refractivity contribution in [1.82, 2.24) is 4.90 Å². The molecule has 6 nitrogen and oxygen atoms in total. The largest absolute Gasteiger partial charge is 0.369 e. The maximum absolute atomic E-state index is 10.7. The van der Waals surface area contributed by atoms with Crippen LogP contribution in [0.15, 0.2) is 24.3 Å². The Morgan fingerprint density at radius 2 is 1.77 bits per heavy atom. The summed E-state index contributed by atoms with van der Waals surface area (Å²) in [6, 6.07) is 7.52. The van der Waals surface area contributed by atoms with E-state index in [1.807, 2.05) is 12.1 Å². The lowest BCUT2D eigenvalue weighted by molar-refractivity contribution is 0.231. The van der Waals surface area contributed by atoms with E-state index in [9.17, 15) is 8.42 Å². The van der Waals surface area contributed by atoms with Gasteiger partial charge in [0.05, 0.1) is 0 Å². The number of anilines is 2. The number of benzene rings is 1. The minimum atomic E-state index is -4.12. The fraction of sp³-hybridized carbons (Fsp3) is 0.533. The van der Waals surface area contributed by atoms with Gasteiger partial charge in [-0.05, 0) is 30.2 Å². The highest BCUT2D eigenvalue weighted by molar-refractivity contribution is 7.87. The Morgan fingerprint density at radius 1 is 1.18 bits per heavy atom. The van der Waals surface area contributed by atoms with Crippen molar-refractivity contribution in [2.45, 2.75) is 13.8 Å². The number of nitrogens with one attached hydrogen (secondary N) is 1. The van der Waals surface area contributed by atoms with Crippen molar-refractivity contribution in [3.63, 3.8) is 0 Å². The number of nitrogens with zero attached hydrogens (tertiary/aromatic N) is 2. The molecule has 1 heterocycles. The van der Waals surface area contributed by atoms with E-state index in [4.69, 9.17) is 4.55 Å². The van der Waals surface area contributed by atoms with Crippen molar-refractivity contribution in [2.75, 3.05) is 42.9 Å². The summed E-state index contributed by atoms with van der Waals surface area (Å²) in [6.07, 6.45) is 0. The van der Waals surface area contributed by atoms with E-state index in [1.165, 1.54) is 0 Å². The maximum atomic E-state index is 10.7. The lowest BCUT2D eigenvalue weighted by Gasteiger charge is -2.36. The highest BCUT2D eigenvalue weighted by Crippen LogP contribution is 2.20. The van der Waals surface area contributed by atoms with Gasteiger partial charge < -0.3 is 10.2 Å². The first-order valence-electron chi connectivity index (χ1n) is 7.48. The molecule has 7 heteroatoms. The second-order valence-corrected chi connectivity index (χ2v) is 7.27. The van der Waals surface area contributed by atoms with Gasteiger partial charge in [0.25, 0.3) is 10.1 Å². The molecule has 123 valence electrons. The van der Waals surface area contributed by atoms with Crippen molar-refractivity contribution in [3.05, 3.63) is 30.1 Å². The minimum absolute atomic E-state index is 0.625. The van der Waals surface area contributed by atoms with Crippen molar-refractivity contribution < 1.29 is 13.0 Å². The first-order chi connectivity index (χ1) is 10.3. The average Bonchev–Trinajstić information content (AvgIpc) is 2.45. The summed E-state index contributed by atoms with van der Waals surface area (Å²) in [5, 5.41) is 2.55. The van der Waals surface area contributed by atoms with Gasteiger partial charge in [-0.3, -0.25) is 9.45 Å². The Bertz CT molecular complexity index is 564. The first-order valence-corrected chi connectivity index (χ1v) is 8.98. The lowest BCUT2D eigenvalue weighted by Crippen LogP contribution is -2.47. The highest BCUT2D eigenvalue weighted by atomic mass is 32.2. The van der Waals surface area contributed by atoms with Crippen LogP contribution >= 0.6 is 0 Å².